The van der Waals surface area contributed by atoms with E-state index in [-0.39, 0.29) is 0 Å². The van der Waals surface area contributed by atoms with Crippen LogP contribution in [0, 0.1) is 0 Å². The number of furan rings is 1. The van der Waals surface area contributed by atoms with Crippen LogP contribution in [0.15, 0.2) is 83.3 Å². The van der Waals surface area contributed by atoms with Crippen molar-refractivity contribution >= 4 is 29.1 Å². The minimum atomic E-state index is 0.387. The maximum Gasteiger partial charge on any atom is 0.234 e. The molecule has 0 amide bonds. The molecule has 0 spiro atoms. The predicted molar refractivity (Wildman–Crippen MR) is 146 cm³/mol. The number of anilines is 2. The first-order valence-electron chi connectivity index (χ1n) is 12.2. The molecule has 7 nitrogen and oxygen atoms in total. The van der Waals surface area contributed by atoms with Gasteiger partial charge in [0.05, 0.1) is 6.54 Å². The van der Waals surface area contributed by atoms with E-state index in [1.54, 1.807) is 0 Å². The average molecular weight is 500 g/mol. The van der Waals surface area contributed by atoms with Crippen molar-refractivity contribution in [1.82, 2.24) is 15.3 Å². The van der Waals surface area contributed by atoms with Crippen LogP contribution >= 0.6 is 12.2 Å². The van der Waals surface area contributed by atoms with E-state index in [0.717, 1.165) is 42.3 Å². The molecule has 0 radical (unpaired) electrons. The third-order valence-corrected chi connectivity index (χ3v) is 6.37. The Morgan fingerprint density at radius 1 is 1.03 bits per heavy atom. The first-order chi connectivity index (χ1) is 17.6. The topological polar surface area (TPSA) is 75.5 Å². The second-order valence-corrected chi connectivity index (χ2v) is 9.19. The molecule has 0 unspecified atom stereocenters. The third kappa shape index (κ3) is 6.01. The van der Waals surface area contributed by atoms with E-state index in [1.807, 2.05) is 78.9 Å². The van der Waals surface area contributed by atoms with Gasteiger partial charge in [0.2, 0.25) is 11.8 Å². The number of hydrogen-bond acceptors (Lipinski definition) is 6. The normalized spacial score (nSPS) is 15.4. The fraction of sp³-hybridized carbons (Fsp3) is 0.250. The second-order valence-electron chi connectivity index (χ2n) is 8.78. The lowest BCUT2D eigenvalue weighted by Gasteiger charge is -2.34. The molecule has 2 aromatic carbocycles. The highest BCUT2D eigenvalue weighted by molar-refractivity contribution is 7.80. The van der Waals surface area contributed by atoms with Gasteiger partial charge in [0.25, 0.3) is 0 Å². The van der Waals surface area contributed by atoms with Gasteiger partial charge in [-0.3, -0.25) is 0 Å². The monoisotopic (exact) mass is 499 g/mol. The molecule has 2 N–H and O–H groups in total. The summed E-state index contributed by atoms with van der Waals surface area (Å²) in [6.45, 7) is 3.62. The molecule has 0 aliphatic carbocycles. The van der Waals surface area contributed by atoms with Crippen LogP contribution in [-0.2, 0) is 6.54 Å². The number of para-hydroxylation sites is 1. The highest BCUT2D eigenvalue weighted by Crippen LogP contribution is 2.29. The molecular formula is C28H29N5O2S. The smallest absolute Gasteiger partial charge is 0.234 e. The Kier molecular flexibility index (Phi) is 7.42. The van der Waals surface area contributed by atoms with Crippen molar-refractivity contribution in [3.8, 4) is 23.0 Å². The van der Waals surface area contributed by atoms with Crippen molar-refractivity contribution in [2.24, 2.45) is 0 Å². The van der Waals surface area contributed by atoms with E-state index in [1.165, 1.54) is 6.42 Å². The summed E-state index contributed by atoms with van der Waals surface area (Å²) >= 11 is 5.53. The quantitative estimate of drug-likeness (QED) is 0.283. The number of hydrogen-bond donors (Lipinski definition) is 2. The predicted octanol–water partition coefficient (Wildman–Crippen LogP) is 6.39. The summed E-state index contributed by atoms with van der Waals surface area (Å²) in [6.07, 6.45) is 3.50. The summed E-state index contributed by atoms with van der Waals surface area (Å²) in [4.78, 5) is 11.6. The Bertz CT molecular complexity index is 1300. The minimum Gasteiger partial charge on any atom is -0.459 e. The van der Waals surface area contributed by atoms with Crippen molar-refractivity contribution in [2.45, 2.75) is 38.8 Å². The van der Waals surface area contributed by atoms with E-state index in [0.29, 0.717) is 35.3 Å². The zero-order valence-electron chi connectivity index (χ0n) is 20.2. The van der Waals surface area contributed by atoms with Crippen LogP contribution in [0.2, 0.25) is 0 Å². The number of ether oxygens (including phenoxy) is 1. The maximum absolute atomic E-state index is 6.04. The molecule has 1 aliphatic rings. The largest absolute Gasteiger partial charge is 0.459 e. The summed E-state index contributed by atoms with van der Waals surface area (Å²) in [5, 5.41) is 6.71. The summed E-state index contributed by atoms with van der Waals surface area (Å²) < 4.78 is 12.0. The van der Waals surface area contributed by atoms with Gasteiger partial charge in [0, 0.05) is 24.2 Å². The Balaban J connectivity index is 1.29. The van der Waals surface area contributed by atoms with Crippen LogP contribution in [0.25, 0.3) is 11.3 Å². The summed E-state index contributed by atoms with van der Waals surface area (Å²) in [7, 11) is 0. The van der Waals surface area contributed by atoms with Crippen LogP contribution in [0.1, 0.15) is 31.9 Å². The molecule has 4 aromatic rings. The fourth-order valence-electron chi connectivity index (χ4n) is 4.26. The molecule has 36 heavy (non-hydrogen) atoms. The number of thiocarbonyl (C=S) groups is 1. The highest BCUT2D eigenvalue weighted by Gasteiger charge is 2.22. The van der Waals surface area contributed by atoms with Crippen LogP contribution < -0.4 is 20.3 Å². The van der Waals surface area contributed by atoms with Gasteiger partial charge in [-0.05, 0) is 62.7 Å². The molecule has 1 aliphatic heterocycles. The zero-order chi connectivity index (χ0) is 24.7. The van der Waals surface area contributed by atoms with E-state index in [4.69, 9.17) is 26.4 Å². The number of nitrogens with one attached hydrogen (secondary N) is 2. The molecule has 3 heterocycles. The SMILES string of the molecule is C[C@H]1CCCCN1c1cc(Oc2ccccc2)nc(NC(=S)NCc2ccc(-c3ccccc3)o2)n1. The van der Waals surface area contributed by atoms with Crippen molar-refractivity contribution in [3.63, 3.8) is 0 Å². The number of rotatable bonds is 7. The standard InChI is InChI=1S/C28H29N5O2S/c1-20-10-8-9-17-33(20)25-18-26(35-22-13-6-3-7-14-22)31-27(30-25)32-28(36)29-19-23-15-16-24(34-23)21-11-4-2-5-12-21/h2-7,11-16,18,20H,8-10,17,19H2,1H3,(H2,29,30,31,32,36)/t20-/m0/s1. The Morgan fingerprint density at radius 3 is 2.58 bits per heavy atom. The second kappa shape index (κ2) is 11.2. The van der Waals surface area contributed by atoms with Gasteiger partial charge in [-0.15, -0.1) is 0 Å². The summed E-state index contributed by atoms with van der Waals surface area (Å²) in [5.74, 6) is 3.99. The Hall–Kier alpha value is -3.91. The molecule has 5 rings (SSSR count). The fourth-order valence-corrected chi connectivity index (χ4v) is 4.42. The van der Waals surface area contributed by atoms with Gasteiger partial charge in [-0.2, -0.15) is 9.97 Å². The van der Waals surface area contributed by atoms with Crippen LogP contribution in [0.5, 0.6) is 11.6 Å². The van der Waals surface area contributed by atoms with Gasteiger partial charge in [-0.1, -0.05) is 48.5 Å². The lowest BCUT2D eigenvalue weighted by Crippen LogP contribution is -2.38. The summed E-state index contributed by atoms with van der Waals surface area (Å²) in [5.41, 5.74) is 1.03. The highest BCUT2D eigenvalue weighted by atomic mass is 32.1. The van der Waals surface area contributed by atoms with E-state index >= 15 is 0 Å². The Morgan fingerprint density at radius 2 is 1.81 bits per heavy atom. The van der Waals surface area contributed by atoms with Crippen LogP contribution in [-0.4, -0.2) is 27.7 Å². The van der Waals surface area contributed by atoms with Crippen molar-refractivity contribution < 1.29 is 9.15 Å². The lowest BCUT2D eigenvalue weighted by molar-refractivity contribution is 0.457. The molecule has 0 saturated carbocycles. The van der Waals surface area contributed by atoms with Crippen molar-refractivity contribution in [1.29, 1.82) is 0 Å². The summed E-state index contributed by atoms with van der Waals surface area (Å²) in [6, 6.07) is 25.8. The van der Waals surface area contributed by atoms with Crippen LogP contribution in [0.4, 0.5) is 11.8 Å². The van der Waals surface area contributed by atoms with E-state index in [2.05, 4.69) is 27.4 Å². The van der Waals surface area contributed by atoms with Gasteiger partial charge >= 0.3 is 0 Å². The van der Waals surface area contributed by atoms with Crippen LogP contribution in [0.3, 0.4) is 0 Å². The van der Waals surface area contributed by atoms with Gasteiger partial charge in [-0.25, -0.2) is 0 Å². The first kappa shape index (κ1) is 23.8. The molecule has 1 atom stereocenters. The van der Waals surface area contributed by atoms with E-state index < -0.39 is 0 Å². The third-order valence-electron chi connectivity index (χ3n) is 6.12. The zero-order valence-corrected chi connectivity index (χ0v) is 21.0. The molecule has 0 bridgehead atoms. The Labute approximate surface area is 216 Å². The van der Waals surface area contributed by atoms with Gasteiger partial charge in [0.15, 0.2) is 5.11 Å². The lowest BCUT2D eigenvalue weighted by atomic mass is 10.0. The molecular weight excluding hydrogens is 470 g/mol. The molecule has 1 fully saturated rings. The number of nitrogens with zero attached hydrogens (tertiary/aromatic N) is 3. The van der Waals surface area contributed by atoms with Gasteiger partial charge in [0.1, 0.15) is 23.1 Å². The van der Waals surface area contributed by atoms with Gasteiger partial charge < -0.3 is 24.7 Å². The number of piperidine rings is 1. The molecule has 8 heteroatoms. The van der Waals surface area contributed by atoms with Crippen molar-refractivity contribution in [2.75, 3.05) is 16.8 Å². The van der Waals surface area contributed by atoms with Crippen molar-refractivity contribution in [3.05, 3.63) is 84.6 Å². The average Bonchev–Trinajstić information content (AvgIpc) is 3.38. The van der Waals surface area contributed by atoms with E-state index in [9.17, 15) is 0 Å². The number of aromatic nitrogens is 2. The maximum atomic E-state index is 6.04. The first-order valence-corrected chi connectivity index (χ1v) is 12.6. The molecule has 184 valence electrons. The number of benzene rings is 2. The molecule has 1 saturated heterocycles. The minimum absolute atomic E-state index is 0.387. The molecule has 2 aromatic heterocycles.